The maximum atomic E-state index is 12.6. The van der Waals surface area contributed by atoms with E-state index in [0.29, 0.717) is 5.41 Å². The van der Waals surface area contributed by atoms with Crippen molar-refractivity contribution < 1.29 is 9.53 Å². The van der Waals surface area contributed by atoms with Crippen LogP contribution >= 0.6 is 0 Å². The van der Waals surface area contributed by atoms with Crippen LogP contribution in [-0.2, 0) is 4.74 Å². The van der Waals surface area contributed by atoms with Gasteiger partial charge in [0, 0.05) is 12.7 Å². The number of ketones is 1. The van der Waals surface area contributed by atoms with Gasteiger partial charge in [0.25, 0.3) is 0 Å². The van der Waals surface area contributed by atoms with Crippen molar-refractivity contribution in [2.45, 2.75) is 45.1 Å². The van der Waals surface area contributed by atoms with E-state index in [1.54, 1.807) is 7.11 Å². The zero-order valence-electron chi connectivity index (χ0n) is 11.5. The molecule has 1 fully saturated rings. The summed E-state index contributed by atoms with van der Waals surface area (Å²) in [5.74, 6) is 0.140. The summed E-state index contributed by atoms with van der Waals surface area (Å²) in [5, 5.41) is 0. The molecule has 0 amide bonds. The van der Waals surface area contributed by atoms with Crippen molar-refractivity contribution in [2.75, 3.05) is 7.11 Å². The van der Waals surface area contributed by atoms with Crippen LogP contribution in [0.5, 0.6) is 0 Å². The molecular weight excluding hydrogens is 224 g/mol. The van der Waals surface area contributed by atoms with E-state index >= 15 is 0 Å². The van der Waals surface area contributed by atoms with Crippen LogP contribution in [0.25, 0.3) is 0 Å². The van der Waals surface area contributed by atoms with Crippen molar-refractivity contribution in [3.63, 3.8) is 0 Å². The molecular formula is C16H22O2. The van der Waals surface area contributed by atoms with Crippen molar-refractivity contribution in [1.82, 2.24) is 0 Å². The van der Waals surface area contributed by atoms with E-state index in [-0.39, 0.29) is 5.78 Å². The minimum Gasteiger partial charge on any atom is -0.370 e. The van der Waals surface area contributed by atoms with E-state index in [1.165, 1.54) is 0 Å². The summed E-state index contributed by atoms with van der Waals surface area (Å²) >= 11 is 0. The van der Waals surface area contributed by atoms with Crippen molar-refractivity contribution in [3.8, 4) is 0 Å². The maximum absolute atomic E-state index is 12.6. The molecule has 1 aromatic carbocycles. The summed E-state index contributed by atoms with van der Waals surface area (Å²) in [6.45, 7) is 4.53. The number of Topliss-reactive ketones (excluding diaryl/α,β-unsaturated/α-hetero) is 1. The van der Waals surface area contributed by atoms with Gasteiger partial charge in [0.05, 0.1) is 0 Å². The Morgan fingerprint density at radius 2 is 1.61 bits per heavy atom. The number of hydrogen-bond donors (Lipinski definition) is 0. The molecule has 1 saturated carbocycles. The molecule has 2 rings (SSSR count). The van der Waals surface area contributed by atoms with Gasteiger partial charge in [0.1, 0.15) is 5.60 Å². The van der Waals surface area contributed by atoms with E-state index in [2.05, 4.69) is 13.8 Å². The highest BCUT2D eigenvalue weighted by atomic mass is 16.5. The second kappa shape index (κ2) is 4.85. The van der Waals surface area contributed by atoms with Gasteiger partial charge in [-0.05, 0) is 31.1 Å². The lowest BCUT2D eigenvalue weighted by Crippen LogP contribution is -2.45. The quantitative estimate of drug-likeness (QED) is 0.757. The van der Waals surface area contributed by atoms with Crippen LogP contribution in [0.15, 0.2) is 30.3 Å². The third kappa shape index (κ3) is 2.49. The Morgan fingerprint density at radius 1 is 1.06 bits per heavy atom. The predicted octanol–water partition coefficient (Wildman–Crippen LogP) is 3.85. The fraction of sp³-hybridized carbons (Fsp3) is 0.562. The Morgan fingerprint density at radius 3 is 2.11 bits per heavy atom. The standard InChI is InChI=1S/C16H22O2/c1-15(2)9-11-16(18-3,12-10-15)14(17)13-7-5-4-6-8-13/h4-8H,9-12H2,1-3H3. The van der Waals surface area contributed by atoms with Gasteiger partial charge < -0.3 is 4.74 Å². The van der Waals surface area contributed by atoms with Gasteiger partial charge in [0.15, 0.2) is 5.78 Å². The number of carbonyl (C=O) groups is 1. The van der Waals surface area contributed by atoms with Gasteiger partial charge in [-0.2, -0.15) is 0 Å². The molecule has 0 aliphatic heterocycles. The Hall–Kier alpha value is -1.15. The van der Waals surface area contributed by atoms with Crippen molar-refractivity contribution in [1.29, 1.82) is 0 Å². The molecule has 1 aromatic rings. The smallest absolute Gasteiger partial charge is 0.194 e. The SMILES string of the molecule is COC1(C(=O)c2ccccc2)CCC(C)(C)CC1. The third-order valence-corrected chi connectivity index (χ3v) is 4.25. The molecule has 0 heterocycles. The van der Waals surface area contributed by atoms with Crippen LogP contribution in [0, 0.1) is 5.41 Å². The summed E-state index contributed by atoms with van der Waals surface area (Å²) < 4.78 is 5.64. The lowest BCUT2D eigenvalue weighted by Gasteiger charge is -2.41. The molecule has 1 aliphatic carbocycles. The van der Waals surface area contributed by atoms with E-state index < -0.39 is 5.60 Å². The largest absolute Gasteiger partial charge is 0.370 e. The van der Waals surface area contributed by atoms with Gasteiger partial charge in [0.2, 0.25) is 0 Å². The molecule has 0 spiro atoms. The Labute approximate surface area is 109 Å². The van der Waals surface area contributed by atoms with Crippen molar-refractivity contribution in [3.05, 3.63) is 35.9 Å². The molecule has 0 aromatic heterocycles. The average Bonchev–Trinajstić information content (AvgIpc) is 2.40. The fourth-order valence-corrected chi connectivity index (χ4v) is 2.71. The number of benzene rings is 1. The lowest BCUT2D eigenvalue weighted by molar-refractivity contribution is -0.0383. The van der Waals surface area contributed by atoms with Crippen LogP contribution < -0.4 is 0 Å². The number of hydrogen-bond acceptors (Lipinski definition) is 2. The first-order valence-corrected chi connectivity index (χ1v) is 6.64. The van der Waals surface area contributed by atoms with Crippen LogP contribution in [0.4, 0.5) is 0 Å². The monoisotopic (exact) mass is 246 g/mol. The van der Waals surface area contributed by atoms with Crippen molar-refractivity contribution >= 4 is 5.78 Å². The third-order valence-electron chi connectivity index (χ3n) is 4.25. The van der Waals surface area contributed by atoms with Gasteiger partial charge in [-0.3, -0.25) is 4.79 Å². The highest BCUT2D eigenvalue weighted by Crippen LogP contribution is 2.43. The number of carbonyl (C=O) groups excluding carboxylic acids is 1. The maximum Gasteiger partial charge on any atom is 0.194 e. The first-order valence-electron chi connectivity index (χ1n) is 6.64. The zero-order chi connectivity index (χ0) is 13.2. The molecule has 0 N–H and O–H groups in total. The minimum absolute atomic E-state index is 0.140. The summed E-state index contributed by atoms with van der Waals surface area (Å²) in [7, 11) is 1.67. The molecule has 0 unspecified atom stereocenters. The van der Waals surface area contributed by atoms with Crippen LogP contribution in [0.3, 0.4) is 0 Å². The van der Waals surface area contributed by atoms with E-state index in [4.69, 9.17) is 4.74 Å². The average molecular weight is 246 g/mol. The molecule has 0 radical (unpaired) electrons. The number of methoxy groups -OCH3 is 1. The molecule has 0 atom stereocenters. The number of rotatable bonds is 3. The van der Waals surface area contributed by atoms with Crippen LogP contribution in [0.1, 0.15) is 49.9 Å². The predicted molar refractivity (Wildman–Crippen MR) is 72.8 cm³/mol. The fourth-order valence-electron chi connectivity index (χ4n) is 2.71. The van der Waals surface area contributed by atoms with E-state index in [1.807, 2.05) is 30.3 Å². The van der Waals surface area contributed by atoms with Gasteiger partial charge in [-0.15, -0.1) is 0 Å². The van der Waals surface area contributed by atoms with Gasteiger partial charge in [-0.25, -0.2) is 0 Å². The van der Waals surface area contributed by atoms with Crippen molar-refractivity contribution in [2.24, 2.45) is 5.41 Å². The number of ether oxygens (including phenoxy) is 1. The zero-order valence-corrected chi connectivity index (χ0v) is 11.5. The molecule has 0 saturated heterocycles. The summed E-state index contributed by atoms with van der Waals surface area (Å²) in [6.07, 6.45) is 3.73. The van der Waals surface area contributed by atoms with Gasteiger partial charge in [-0.1, -0.05) is 44.2 Å². The summed E-state index contributed by atoms with van der Waals surface area (Å²) in [5.41, 5.74) is 0.495. The summed E-state index contributed by atoms with van der Waals surface area (Å²) in [4.78, 5) is 12.6. The van der Waals surface area contributed by atoms with E-state index in [9.17, 15) is 4.79 Å². The molecule has 0 bridgehead atoms. The Bertz CT molecular complexity index is 410. The highest BCUT2D eigenvalue weighted by Gasteiger charge is 2.44. The molecule has 1 aliphatic rings. The molecule has 2 heteroatoms. The molecule has 98 valence electrons. The highest BCUT2D eigenvalue weighted by molar-refractivity contribution is 6.02. The lowest BCUT2D eigenvalue weighted by atomic mass is 9.68. The normalized spacial score (nSPS) is 21.5. The van der Waals surface area contributed by atoms with Crippen LogP contribution in [0.2, 0.25) is 0 Å². The first kappa shape index (κ1) is 13.3. The topological polar surface area (TPSA) is 26.3 Å². The molecule has 2 nitrogen and oxygen atoms in total. The summed E-state index contributed by atoms with van der Waals surface area (Å²) in [6, 6.07) is 9.50. The first-order chi connectivity index (χ1) is 8.49. The van der Waals surface area contributed by atoms with Gasteiger partial charge >= 0.3 is 0 Å². The van der Waals surface area contributed by atoms with E-state index in [0.717, 1.165) is 31.2 Å². The second-order valence-electron chi connectivity index (χ2n) is 6.06. The Balaban J connectivity index is 2.22. The minimum atomic E-state index is -0.600. The molecule has 18 heavy (non-hydrogen) atoms. The second-order valence-corrected chi connectivity index (χ2v) is 6.06. The van der Waals surface area contributed by atoms with Crippen LogP contribution in [-0.4, -0.2) is 18.5 Å². The Kier molecular flexibility index (Phi) is 3.58.